The Labute approximate surface area is 120 Å². The molecule has 0 saturated heterocycles. The molecule has 0 aliphatic rings. The van der Waals surface area contributed by atoms with Crippen molar-refractivity contribution in [1.82, 2.24) is 4.90 Å². The molecule has 0 rings (SSSR count). The number of methoxy groups -OCH3 is 2. The van der Waals surface area contributed by atoms with Gasteiger partial charge in [-0.2, -0.15) is 0 Å². The maximum absolute atomic E-state index is 6.15. The molecule has 0 fully saturated rings. The average molecular weight is 304 g/mol. The maximum atomic E-state index is 6.15. The molecule has 18 heavy (non-hydrogen) atoms. The zero-order chi connectivity index (χ0) is 13.1. The first-order valence-electron chi connectivity index (χ1n) is 5.36. The molecule has 5 nitrogen and oxygen atoms in total. The number of hydrogen-bond acceptors (Lipinski definition) is 5. The van der Waals surface area contributed by atoms with Crippen molar-refractivity contribution in [3.05, 3.63) is 12.0 Å². The zero-order valence-corrected chi connectivity index (χ0v) is 12.9. The molecule has 110 valence electrons. The van der Waals surface area contributed by atoms with E-state index in [1.165, 1.54) is 6.26 Å². The second-order valence-corrected chi connectivity index (χ2v) is 3.94. The normalized spacial score (nSPS) is 13.1. The van der Waals surface area contributed by atoms with Crippen molar-refractivity contribution >= 4 is 24.0 Å². The van der Waals surface area contributed by atoms with Crippen molar-refractivity contribution in [3.63, 3.8) is 0 Å². The van der Waals surface area contributed by atoms with Crippen molar-refractivity contribution < 1.29 is 18.9 Å². The molecule has 0 heterocycles. The Hall–Kier alpha value is -0.200. The third-order valence-corrected chi connectivity index (χ3v) is 2.45. The molecule has 7 heteroatoms. The van der Waals surface area contributed by atoms with Crippen LogP contribution in [0.1, 0.15) is 0 Å². The SMILES string of the molecule is COCCO/C=C(\OCCOC)C(Cl)N(C)C.Cl. The van der Waals surface area contributed by atoms with Crippen LogP contribution in [0.4, 0.5) is 0 Å². The molecule has 0 aromatic carbocycles. The van der Waals surface area contributed by atoms with E-state index in [4.69, 9.17) is 30.5 Å². The van der Waals surface area contributed by atoms with Gasteiger partial charge in [0, 0.05) is 14.2 Å². The van der Waals surface area contributed by atoms with E-state index in [2.05, 4.69) is 0 Å². The smallest absolute Gasteiger partial charge is 0.163 e. The van der Waals surface area contributed by atoms with Crippen LogP contribution in [0.5, 0.6) is 0 Å². The van der Waals surface area contributed by atoms with Gasteiger partial charge in [-0.1, -0.05) is 11.6 Å². The summed E-state index contributed by atoms with van der Waals surface area (Å²) < 4.78 is 20.5. The number of hydrogen-bond donors (Lipinski definition) is 0. The van der Waals surface area contributed by atoms with Gasteiger partial charge in [0.05, 0.1) is 13.2 Å². The fourth-order valence-electron chi connectivity index (χ4n) is 0.929. The molecular weight excluding hydrogens is 281 g/mol. The zero-order valence-electron chi connectivity index (χ0n) is 11.3. The van der Waals surface area contributed by atoms with Gasteiger partial charge in [0.15, 0.2) is 5.76 Å². The highest BCUT2D eigenvalue weighted by Crippen LogP contribution is 2.14. The van der Waals surface area contributed by atoms with E-state index in [0.29, 0.717) is 32.2 Å². The molecule has 0 amide bonds. The minimum absolute atomic E-state index is 0. The summed E-state index contributed by atoms with van der Waals surface area (Å²) in [6.45, 7) is 1.93. The van der Waals surface area contributed by atoms with Crippen molar-refractivity contribution in [3.8, 4) is 0 Å². The molecule has 0 radical (unpaired) electrons. The molecule has 0 aliphatic carbocycles. The van der Waals surface area contributed by atoms with Crippen LogP contribution in [0.2, 0.25) is 0 Å². The van der Waals surface area contributed by atoms with Gasteiger partial charge in [0.2, 0.25) is 0 Å². The highest BCUT2D eigenvalue weighted by atomic mass is 35.5. The Morgan fingerprint density at radius 2 is 1.67 bits per heavy atom. The third-order valence-electron chi connectivity index (χ3n) is 1.85. The summed E-state index contributed by atoms with van der Waals surface area (Å²) in [6.07, 6.45) is 1.52. The first-order valence-corrected chi connectivity index (χ1v) is 5.80. The molecule has 1 unspecified atom stereocenters. The van der Waals surface area contributed by atoms with E-state index in [-0.39, 0.29) is 17.9 Å². The summed E-state index contributed by atoms with van der Waals surface area (Å²) in [5, 5.41) is 0. The quantitative estimate of drug-likeness (QED) is 0.266. The molecule has 0 bridgehead atoms. The van der Waals surface area contributed by atoms with Gasteiger partial charge >= 0.3 is 0 Å². The number of ether oxygens (including phenoxy) is 4. The van der Waals surface area contributed by atoms with Gasteiger partial charge in [-0.3, -0.25) is 4.90 Å². The van der Waals surface area contributed by atoms with Crippen molar-refractivity contribution in [2.45, 2.75) is 5.50 Å². The van der Waals surface area contributed by atoms with E-state index in [9.17, 15) is 0 Å². The van der Waals surface area contributed by atoms with Crippen LogP contribution < -0.4 is 0 Å². The van der Waals surface area contributed by atoms with Crippen LogP contribution in [-0.2, 0) is 18.9 Å². The standard InChI is InChI=1S/C11H22ClNO4.ClH/c1-13(2)11(12)10(17-8-6-15-4)9-16-7-5-14-3;/h9,11H,5-8H2,1-4H3;1H/b10-9-;. The molecule has 0 aromatic rings. The van der Waals surface area contributed by atoms with Gasteiger partial charge < -0.3 is 18.9 Å². The number of nitrogens with zero attached hydrogens (tertiary/aromatic N) is 1. The number of halogens is 2. The fraction of sp³-hybridized carbons (Fsp3) is 0.818. The van der Waals surface area contributed by atoms with Crippen LogP contribution >= 0.6 is 24.0 Å². The second-order valence-electron chi connectivity index (χ2n) is 3.52. The van der Waals surface area contributed by atoms with Crippen molar-refractivity contribution in [1.29, 1.82) is 0 Å². The topological polar surface area (TPSA) is 40.2 Å². The lowest BCUT2D eigenvalue weighted by Gasteiger charge is -2.21. The predicted molar refractivity (Wildman–Crippen MR) is 74.3 cm³/mol. The summed E-state index contributed by atoms with van der Waals surface area (Å²) >= 11 is 6.15. The van der Waals surface area contributed by atoms with E-state index in [1.54, 1.807) is 14.2 Å². The number of alkyl halides is 1. The van der Waals surface area contributed by atoms with Crippen molar-refractivity contribution in [2.75, 3.05) is 54.7 Å². The predicted octanol–water partition coefficient (Wildman–Crippen LogP) is 1.70. The molecular formula is C11H23Cl2NO4. The summed E-state index contributed by atoms with van der Waals surface area (Å²) in [5.41, 5.74) is -0.366. The van der Waals surface area contributed by atoms with Crippen LogP contribution in [0.25, 0.3) is 0 Å². The molecule has 0 aliphatic heterocycles. The van der Waals surface area contributed by atoms with Gasteiger partial charge in [0.25, 0.3) is 0 Å². The lowest BCUT2D eigenvalue weighted by molar-refractivity contribution is 0.0817. The average Bonchev–Trinajstić information content (AvgIpc) is 2.31. The summed E-state index contributed by atoms with van der Waals surface area (Å²) in [6, 6.07) is 0. The monoisotopic (exact) mass is 303 g/mol. The highest BCUT2D eigenvalue weighted by molar-refractivity contribution is 6.21. The fourth-order valence-corrected chi connectivity index (χ4v) is 1.04. The van der Waals surface area contributed by atoms with Gasteiger partial charge in [-0.25, -0.2) is 0 Å². The summed E-state index contributed by atoms with van der Waals surface area (Å²) in [5.74, 6) is 0.560. The van der Waals surface area contributed by atoms with Crippen LogP contribution in [-0.4, -0.2) is 65.1 Å². The highest BCUT2D eigenvalue weighted by Gasteiger charge is 2.15. The van der Waals surface area contributed by atoms with E-state index < -0.39 is 0 Å². The minimum atomic E-state index is -0.366. The van der Waals surface area contributed by atoms with Crippen LogP contribution in [0.15, 0.2) is 12.0 Å². The number of likely N-dealkylation sites (N-methyl/N-ethyl adjacent to an activating group) is 1. The largest absolute Gasteiger partial charge is 0.495 e. The Kier molecular flexibility index (Phi) is 14.8. The van der Waals surface area contributed by atoms with Gasteiger partial charge in [0.1, 0.15) is 25.0 Å². The molecule has 0 saturated carbocycles. The Morgan fingerprint density at radius 3 is 2.17 bits per heavy atom. The molecule has 1 atom stereocenters. The second kappa shape index (κ2) is 13.2. The summed E-state index contributed by atoms with van der Waals surface area (Å²) in [7, 11) is 6.96. The van der Waals surface area contributed by atoms with Gasteiger partial charge in [-0.05, 0) is 14.1 Å². The Morgan fingerprint density at radius 1 is 1.11 bits per heavy atom. The first-order chi connectivity index (χ1) is 8.13. The minimum Gasteiger partial charge on any atom is -0.495 e. The molecule has 0 spiro atoms. The van der Waals surface area contributed by atoms with Crippen LogP contribution in [0, 0.1) is 0 Å². The number of rotatable bonds is 10. The molecule has 0 aromatic heterocycles. The third kappa shape index (κ3) is 9.79. The Balaban J connectivity index is 0. The lowest BCUT2D eigenvalue weighted by Crippen LogP contribution is -2.26. The maximum Gasteiger partial charge on any atom is 0.163 e. The van der Waals surface area contributed by atoms with Crippen molar-refractivity contribution in [2.24, 2.45) is 0 Å². The van der Waals surface area contributed by atoms with E-state index in [0.717, 1.165) is 0 Å². The summed E-state index contributed by atoms with van der Waals surface area (Å²) in [4.78, 5) is 1.82. The first kappa shape index (κ1) is 20.1. The van der Waals surface area contributed by atoms with Gasteiger partial charge in [-0.15, -0.1) is 12.4 Å². The van der Waals surface area contributed by atoms with E-state index >= 15 is 0 Å². The Bertz CT molecular complexity index is 215. The lowest BCUT2D eigenvalue weighted by atomic mass is 10.5. The van der Waals surface area contributed by atoms with Crippen LogP contribution in [0.3, 0.4) is 0 Å². The van der Waals surface area contributed by atoms with E-state index in [1.807, 2.05) is 19.0 Å². The molecule has 0 N–H and O–H groups in total.